The Balaban J connectivity index is 2.16. The second kappa shape index (κ2) is 6.90. The van der Waals surface area contributed by atoms with E-state index in [1.54, 1.807) is 6.07 Å². The molecule has 0 aliphatic carbocycles. The van der Waals surface area contributed by atoms with Crippen molar-refractivity contribution in [2.45, 2.75) is 33.3 Å². The van der Waals surface area contributed by atoms with Crippen LogP contribution in [0, 0.1) is 6.92 Å². The number of nitrogen functional groups attached to an aromatic ring is 1. The molecule has 1 aromatic carbocycles. The van der Waals surface area contributed by atoms with Gasteiger partial charge in [0, 0.05) is 17.8 Å². The summed E-state index contributed by atoms with van der Waals surface area (Å²) >= 11 is 0. The molecule has 0 fully saturated rings. The van der Waals surface area contributed by atoms with Crippen LogP contribution in [0.25, 0.3) is 0 Å². The number of hydrogen-bond acceptors (Lipinski definition) is 6. The molecular weight excluding hydrogens is 266 g/mol. The number of ether oxygens (including phenoxy) is 1. The number of hydrazine groups is 1. The molecule has 1 atom stereocenters. The van der Waals surface area contributed by atoms with Crippen molar-refractivity contribution in [2.24, 2.45) is 5.84 Å². The molecule has 6 nitrogen and oxygen atoms in total. The summed E-state index contributed by atoms with van der Waals surface area (Å²) in [6.07, 6.45) is 1.16. The quantitative estimate of drug-likeness (QED) is 0.559. The van der Waals surface area contributed by atoms with Gasteiger partial charge in [-0.25, -0.2) is 15.8 Å². The molecule has 6 heteroatoms. The van der Waals surface area contributed by atoms with E-state index in [0.717, 1.165) is 17.9 Å². The molecule has 0 saturated carbocycles. The highest BCUT2D eigenvalue weighted by atomic mass is 16.5. The van der Waals surface area contributed by atoms with Crippen molar-refractivity contribution < 1.29 is 4.74 Å². The summed E-state index contributed by atoms with van der Waals surface area (Å²) in [7, 11) is 0. The van der Waals surface area contributed by atoms with Gasteiger partial charge in [0.25, 0.3) is 0 Å². The molecule has 0 radical (unpaired) electrons. The monoisotopic (exact) mass is 287 g/mol. The van der Waals surface area contributed by atoms with Crippen molar-refractivity contribution >= 4 is 17.3 Å². The Morgan fingerprint density at radius 3 is 2.71 bits per heavy atom. The molecule has 0 aliphatic rings. The Morgan fingerprint density at radius 2 is 2.00 bits per heavy atom. The molecule has 0 saturated heterocycles. The number of benzene rings is 1. The van der Waals surface area contributed by atoms with Crippen molar-refractivity contribution in [3.8, 4) is 5.75 Å². The van der Waals surface area contributed by atoms with E-state index in [-0.39, 0.29) is 6.10 Å². The van der Waals surface area contributed by atoms with Crippen molar-refractivity contribution in [2.75, 3.05) is 10.7 Å². The molecule has 1 unspecified atom stereocenters. The zero-order chi connectivity index (χ0) is 15.2. The lowest BCUT2D eigenvalue weighted by atomic mass is 10.2. The summed E-state index contributed by atoms with van der Waals surface area (Å²) in [5.41, 5.74) is 3.42. The standard InChI is InChI=1S/C15H21N5O/c1-4-10(2)21-13-7-5-6-12(8-13)19-14-9-15(20-16)18-11(3)17-14/h5-10H,4,16H2,1-3H3,(H2,17,18,19,20). The van der Waals surface area contributed by atoms with Gasteiger partial charge in [-0.1, -0.05) is 13.0 Å². The zero-order valence-electron chi connectivity index (χ0n) is 12.6. The van der Waals surface area contributed by atoms with Crippen LogP contribution < -0.4 is 21.3 Å². The van der Waals surface area contributed by atoms with E-state index in [1.165, 1.54) is 0 Å². The average Bonchev–Trinajstić information content (AvgIpc) is 2.46. The summed E-state index contributed by atoms with van der Waals surface area (Å²) in [5.74, 6) is 8.10. The van der Waals surface area contributed by atoms with Crippen LogP contribution in [0.2, 0.25) is 0 Å². The lowest BCUT2D eigenvalue weighted by molar-refractivity contribution is 0.217. The normalized spacial score (nSPS) is 11.8. The van der Waals surface area contributed by atoms with Gasteiger partial charge in [0.1, 0.15) is 23.2 Å². The molecule has 4 N–H and O–H groups in total. The molecule has 1 aromatic heterocycles. The number of aryl methyl sites for hydroxylation is 1. The maximum atomic E-state index is 5.81. The number of nitrogens with one attached hydrogen (secondary N) is 2. The van der Waals surface area contributed by atoms with Crippen LogP contribution in [0.1, 0.15) is 26.1 Å². The first-order valence-electron chi connectivity index (χ1n) is 6.96. The molecule has 2 aromatic rings. The Kier molecular flexibility index (Phi) is 4.94. The molecular formula is C15H21N5O. The molecule has 0 spiro atoms. The van der Waals surface area contributed by atoms with Crippen LogP contribution >= 0.6 is 0 Å². The van der Waals surface area contributed by atoms with Gasteiger partial charge in [0.05, 0.1) is 6.10 Å². The predicted octanol–water partition coefficient (Wildman–Crippen LogP) is 2.99. The minimum absolute atomic E-state index is 0.189. The van der Waals surface area contributed by atoms with Gasteiger partial charge in [-0.2, -0.15) is 0 Å². The number of anilines is 3. The molecule has 112 valence electrons. The summed E-state index contributed by atoms with van der Waals surface area (Å²) < 4.78 is 5.81. The third-order valence-corrected chi connectivity index (χ3v) is 3.00. The van der Waals surface area contributed by atoms with Gasteiger partial charge in [-0.3, -0.25) is 0 Å². The van der Waals surface area contributed by atoms with Crippen LogP contribution in [0.4, 0.5) is 17.3 Å². The fourth-order valence-electron chi connectivity index (χ4n) is 1.82. The average molecular weight is 287 g/mol. The zero-order valence-corrected chi connectivity index (χ0v) is 12.6. The van der Waals surface area contributed by atoms with E-state index in [0.29, 0.717) is 17.5 Å². The van der Waals surface area contributed by atoms with E-state index >= 15 is 0 Å². The van der Waals surface area contributed by atoms with E-state index in [9.17, 15) is 0 Å². The first-order chi connectivity index (χ1) is 10.1. The number of aromatic nitrogens is 2. The summed E-state index contributed by atoms with van der Waals surface area (Å²) in [5, 5.41) is 3.22. The van der Waals surface area contributed by atoms with Crippen LogP contribution in [-0.2, 0) is 0 Å². The Morgan fingerprint density at radius 1 is 1.24 bits per heavy atom. The van der Waals surface area contributed by atoms with Crippen LogP contribution in [-0.4, -0.2) is 16.1 Å². The van der Waals surface area contributed by atoms with Gasteiger partial charge in [0.15, 0.2) is 0 Å². The third kappa shape index (κ3) is 4.32. The lowest BCUT2D eigenvalue weighted by Crippen LogP contribution is -2.11. The minimum atomic E-state index is 0.189. The van der Waals surface area contributed by atoms with Crippen LogP contribution in [0.3, 0.4) is 0 Å². The Labute approximate surface area is 124 Å². The summed E-state index contributed by atoms with van der Waals surface area (Å²) in [6.45, 7) is 5.96. The summed E-state index contributed by atoms with van der Waals surface area (Å²) in [6, 6.07) is 9.52. The second-order valence-corrected chi connectivity index (χ2v) is 4.82. The van der Waals surface area contributed by atoms with Gasteiger partial charge >= 0.3 is 0 Å². The predicted molar refractivity (Wildman–Crippen MR) is 84.7 cm³/mol. The highest BCUT2D eigenvalue weighted by Crippen LogP contribution is 2.22. The second-order valence-electron chi connectivity index (χ2n) is 4.82. The largest absolute Gasteiger partial charge is 0.491 e. The maximum absolute atomic E-state index is 5.81. The van der Waals surface area contributed by atoms with Crippen LogP contribution in [0.15, 0.2) is 30.3 Å². The number of rotatable bonds is 6. The first kappa shape index (κ1) is 15.1. The van der Waals surface area contributed by atoms with Gasteiger partial charge in [0.2, 0.25) is 0 Å². The highest BCUT2D eigenvalue weighted by molar-refractivity contribution is 5.60. The molecule has 1 heterocycles. The van der Waals surface area contributed by atoms with Gasteiger partial charge < -0.3 is 15.5 Å². The molecule has 21 heavy (non-hydrogen) atoms. The van der Waals surface area contributed by atoms with Crippen molar-refractivity contribution in [1.82, 2.24) is 9.97 Å². The SMILES string of the molecule is CCC(C)Oc1cccc(Nc2cc(NN)nc(C)n2)c1. The first-order valence-corrected chi connectivity index (χ1v) is 6.96. The third-order valence-electron chi connectivity index (χ3n) is 3.00. The number of nitrogens with zero attached hydrogens (tertiary/aromatic N) is 2. The Bertz CT molecular complexity index is 602. The fraction of sp³-hybridized carbons (Fsp3) is 0.333. The molecule has 0 bridgehead atoms. The van der Waals surface area contributed by atoms with Crippen molar-refractivity contribution in [1.29, 1.82) is 0 Å². The van der Waals surface area contributed by atoms with E-state index in [2.05, 4.69) is 27.6 Å². The number of nitrogens with two attached hydrogens (primary N) is 1. The van der Waals surface area contributed by atoms with Gasteiger partial charge in [-0.05, 0) is 32.4 Å². The van der Waals surface area contributed by atoms with Crippen LogP contribution in [0.5, 0.6) is 5.75 Å². The Hall–Kier alpha value is -2.34. The number of hydrogen-bond donors (Lipinski definition) is 3. The van der Waals surface area contributed by atoms with E-state index < -0.39 is 0 Å². The minimum Gasteiger partial charge on any atom is -0.491 e. The van der Waals surface area contributed by atoms with E-state index in [1.807, 2.05) is 38.1 Å². The van der Waals surface area contributed by atoms with Crippen molar-refractivity contribution in [3.05, 3.63) is 36.2 Å². The maximum Gasteiger partial charge on any atom is 0.145 e. The smallest absolute Gasteiger partial charge is 0.145 e. The van der Waals surface area contributed by atoms with Gasteiger partial charge in [-0.15, -0.1) is 0 Å². The highest BCUT2D eigenvalue weighted by Gasteiger charge is 2.04. The molecule has 0 aliphatic heterocycles. The topological polar surface area (TPSA) is 85.1 Å². The van der Waals surface area contributed by atoms with E-state index in [4.69, 9.17) is 10.6 Å². The van der Waals surface area contributed by atoms with Crippen molar-refractivity contribution in [3.63, 3.8) is 0 Å². The lowest BCUT2D eigenvalue weighted by Gasteiger charge is -2.14. The fourth-order valence-corrected chi connectivity index (χ4v) is 1.82. The molecule has 2 rings (SSSR count). The molecule has 0 amide bonds. The summed E-state index contributed by atoms with van der Waals surface area (Å²) in [4.78, 5) is 8.48.